The van der Waals surface area contributed by atoms with Crippen molar-refractivity contribution >= 4 is 27.9 Å². The second kappa shape index (κ2) is 5.02. The predicted octanol–water partition coefficient (Wildman–Crippen LogP) is 1.32. The van der Waals surface area contributed by atoms with E-state index in [1.54, 1.807) is 0 Å². The van der Waals surface area contributed by atoms with Crippen LogP contribution in [0.25, 0.3) is 0 Å². The molecule has 16 heavy (non-hydrogen) atoms. The fraction of sp³-hybridized carbons (Fsp3) is 0.222. The molecule has 0 radical (unpaired) electrons. The lowest BCUT2D eigenvalue weighted by Crippen LogP contribution is -2.25. The van der Waals surface area contributed by atoms with E-state index < -0.39 is 29.4 Å². The van der Waals surface area contributed by atoms with E-state index in [2.05, 4.69) is 25.7 Å². The van der Waals surface area contributed by atoms with E-state index in [9.17, 15) is 14.0 Å². The normalized spacial score (nSPS) is 11.9. The largest absolute Gasteiger partial charge is 0.480 e. The molecule has 1 aromatic heterocycles. The van der Waals surface area contributed by atoms with Crippen LogP contribution in [0.4, 0.5) is 4.39 Å². The quantitative estimate of drug-likeness (QED) is 0.671. The topological polar surface area (TPSA) is 76.5 Å². The Morgan fingerprint density at radius 3 is 2.75 bits per heavy atom. The number of rotatable bonds is 3. The van der Waals surface area contributed by atoms with Crippen molar-refractivity contribution in [2.75, 3.05) is 7.11 Å². The summed E-state index contributed by atoms with van der Waals surface area (Å²) in [5, 5.41) is 8.82. The van der Waals surface area contributed by atoms with Gasteiger partial charge in [-0.25, -0.2) is 4.39 Å². The van der Waals surface area contributed by atoms with E-state index in [1.807, 2.05) is 0 Å². The number of aliphatic carboxylic acids is 1. The van der Waals surface area contributed by atoms with Gasteiger partial charge in [0.1, 0.15) is 5.69 Å². The van der Waals surface area contributed by atoms with Gasteiger partial charge in [0.2, 0.25) is 0 Å². The Balaban J connectivity index is 3.27. The van der Waals surface area contributed by atoms with Crippen LogP contribution in [0.1, 0.15) is 11.6 Å². The summed E-state index contributed by atoms with van der Waals surface area (Å²) in [5.41, 5.74) is -0.478. The third-order valence-electron chi connectivity index (χ3n) is 1.83. The van der Waals surface area contributed by atoms with Crippen molar-refractivity contribution < 1.29 is 23.8 Å². The maximum absolute atomic E-state index is 13.5. The number of ether oxygens (including phenoxy) is 1. The van der Waals surface area contributed by atoms with Gasteiger partial charge < -0.3 is 9.84 Å². The molecule has 1 heterocycles. The molecule has 1 unspecified atom stereocenters. The Kier molecular flexibility index (Phi) is 3.94. The van der Waals surface area contributed by atoms with Crippen molar-refractivity contribution in [3.63, 3.8) is 0 Å². The van der Waals surface area contributed by atoms with Crippen molar-refractivity contribution in [1.82, 2.24) is 4.98 Å². The van der Waals surface area contributed by atoms with Gasteiger partial charge in [0.25, 0.3) is 0 Å². The number of carbonyl (C=O) groups is 2. The molecule has 1 atom stereocenters. The number of nitrogens with zero attached hydrogens (tertiary/aromatic N) is 1. The molecule has 0 amide bonds. The SMILES string of the molecule is COC(=O)C(C(=O)O)c1nccc(Br)c1F. The number of pyridine rings is 1. The third-order valence-corrected chi connectivity index (χ3v) is 2.44. The molecule has 0 bridgehead atoms. The molecule has 0 aliphatic heterocycles. The van der Waals surface area contributed by atoms with Crippen LogP contribution in [0, 0.1) is 5.82 Å². The van der Waals surface area contributed by atoms with Crippen LogP contribution in [0.3, 0.4) is 0 Å². The number of carboxylic acid groups (broad SMARTS) is 1. The summed E-state index contributed by atoms with van der Waals surface area (Å²) in [6.07, 6.45) is 1.20. The molecule has 0 aliphatic carbocycles. The van der Waals surface area contributed by atoms with Crippen molar-refractivity contribution in [1.29, 1.82) is 0 Å². The summed E-state index contributed by atoms with van der Waals surface area (Å²) in [7, 11) is 1.02. The second-order valence-corrected chi connectivity index (χ2v) is 3.64. The average Bonchev–Trinajstić information content (AvgIpc) is 2.24. The summed E-state index contributed by atoms with van der Waals surface area (Å²) in [6.45, 7) is 0. The van der Waals surface area contributed by atoms with E-state index in [-0.39, 0.29) is 4.47 Å². The second-order valence-electron chi connectivity index (χ2n) is 2.79. The van der Waals surface area contributed by atoms with E-state index >= 15 is 0 Å². The van der Waals surface area contributed by atoms with Gasteiger partial charge in [0.15, 0.2) is 11.7 Å². The van der Waals surface area contributed by atoms with Crippen LogP contribution in [0.5, 0.6) is 0 Å². The summed E-state index contributed by atoms with van der Waals surface area (Å²) in [5.74, 6) is -5.24. The van der Waals surface area contributed by atoms with Crippen LogP contribution in [-0.4, -0.2) is 29.1 Å². The molecule has 7 heteroatoms. The molecule has 0 fully saturated rings. The lowest BCUT2D eigenvalue weighted by molar-refractivity contribution is -0.152. The number of aromatic nitrogens is 1. The summed E-state index contributed by atoms with van der Waals surface area (Å²) in [6, 6.07) is 1.30. The highest BCUT2D eigenvalue weighted by Crippen LogP contribution is 2.24. The van der Waals surface area contributed by atoms with Gasteiger partial charge in [-0.2, -0.15) is 0 Å². The number of carbonyl (C=O) groups excluding carboxylic acids is 1. The molecule has 1 rings (SSSR count). The van der Waals surface area contributed by atoms with E-state index in [4.69, 9.17) is 5.11 Å². The number of carboxylic acids is 1. The van der Waals surface area contributed by atoms with Gasteiger partial charge in [-0.3, -0.25) is 14.6 Å². The Morgan fingerprint density at radius 1 is 1.62 bits per heavy atom. The molecule has 86 valence electrons. The number of hydrogen-bond donors (Lipinski definition) is 1. The monoisotopic (exact) mass is 291 g/mol. The molecule has 1 N–H and O–H groups in total. The molecule has 0 saturated carbocycles. The minimum absolute atomic E-state index is 0.0349. The molecule has 0 aliphatic rings. The van der Waals surface area contributed by atoms with Crippen LogP contribution >= 0.6 is 15.9 Å². The van der Waals surface area contributed by atoms with Crippen LogP contribution in [-0.2, 0) is 14.3 Å². The Bertz CT molecular complexity index is 438. The Morgan fingerprint density at radius 2 is 2.25 bits per heavy atom. The first-order chi connectivity index (χ1) is 7.49. The Labute approximate surface area is 98.4 Å². The minimum Gasteiger partial charge on any atom is -0.480 e. The lowest BCUT2D eigenvalue weighted by Gasteiger charge is -2.10. The number of halogens is 2. The van der Waals surface area contributed by atoms with Gasteiger partial charge in [0, 0.05) is 6.20 Å². The number of methoxy groups -OCH3 is 1. The highest BCUT2D eigenvalue weighted by molar-refractivity contribution is 9.10. The fourth-order valence-corrected chi connectivity index (χ4v) is 1.41. The van der Waals surface area contributed by atoms with Crippen molar-refractivity contribution in [2.45, 2.75) is 5.92 Å². The minimum atomic E-state index is -1.76. The van der Waals surface area contributed by atoms with Crippen molar-refractivity contribution in [2.24, 2.45) is 0 Å². The third kappa shape index (κ3) is 2.35. The van der Waals surface area contributed by atoms with Crippen molar-refractivity contribution in [3.8, 4) is 0 Å². The van der Waals surface area contributed by atoms with Crippen LogP contribution < -0.4 is 0 Å². The first kappa shape index (κ1) is 12.6. The van der Waals surface area contributed by atoms with E-state index in [0.29, 0.717) is 0 Å². The fourth-order valence-electron chi connectivity index (χ4n) is 1.08. The average molecular weight is 292 g/mol. The maximum atomic E-state index is 13.5. The molecule has 0 saturated heterocycles. The molecule has 1 aromatic rings. The zero-order chi connectivity index (χ0) is 12.3. The first-order valence-corrected chi connectivity index (χ1v) is 4.89. The molecular weight excluding hydrogens is 285 g/mol. The summed E-state index contributed by atoms with van der Waals surface area (Å²) < 4.78 is 17.8. The van der Waals surface area contributed by atoms with Gasteiger partial charge in [-0.05, 0) is 22.0 Å². The lowest BCUT2D eigenvalue weighted by atomic mass is 10.1. The van der Waals surface area contributed by atoms with E-state index in [0.717, 1.165) is 7.11 Å². The van der Waals surface area contributed by atoms with Gasteiger partial charge in [0.05, 0.1) is 11.6 Å². The summed E-state index contributed by atoms with van der Waals surface area (Å²) in [4.78, 5) is 25.6. The van der Waals surface area contributed by atoms with Gasteiger partial charge in [-0.1, -0.05) is 0 Å². The zero-order valence-corrected chi connectivity index (χ0v) is 9.69. The van der Waals surface area contributed by atoms with Gasteiger partial charge in [-0.15, -0.1) is 0 Å². The number of esters is 1. The maximum Gasteiger partial charge on any atom is 0.326 e. The number of hydrogen-bond acceptors (Lipinski definition) is 4. The molecular formula is C9H7BrFNO4. The highest BCUT2D eigenvalue weighted by atomic mass is 79.9. The van der Waals surface area contributed by atoms with Crippen LogP contribution in [0.15, 0.2) is 16.7 Å². The van der Waals surface area contributed by atoms with Crippen molar-refractivity contribution in [3.05, 3.63) is 28.2 Å². The zero-order valence-electron chi connectivity index (χ0n) is 8.11. The predicted molar refractivity (Wildman–Crippen MR) is 54.3 cm³/mol. The van der Waals surface area contributed by atoms with Gasteiger partial charge >= 0.3 is 11.9 Å². The smallest absolute Gasteiger partial charge is 0.326 e. The first-order valence-electron chi connectivity index (χ1n) is 4.09. The summed E-state index contributed by atoms with van der Waals surface area (Å²) >= 11 is 2.87. The Hall–Kier alpha value is -1.50. The molecule has 0 spiro atoms. The van der Waals surface area contributed by atoms with E-state index in [1.165, 1.54) is 12.3 Å². The highest BCUT2D eigenvalue weighted by Gasteiger charge is 2.33. The molecule has 5 nitrogen and oxygen atoms in total. The van der Waals surface area contributed by atoms with Crippen LogP contribution in [0.2, 0.25) is 0 Å². The standard InChI is InChI=1S/C9H7BrFNO4/c1-16-9(15)5(8(13)14)7-6(11)4(10)2-3-12-7/h2-3,5H,1H3,(H,13,14). The molecule has 0 aromatic carbocycles.